The SMILES string of the molecule is CCN(CC)c1ccc(/C=C2\C(=O)NC(=S)N(c3cccc(Cl)c3C)C2=O)o1. The van der Waals surface area contributed by atoms with E-state index < -0.39 is 11.8 Å². The molecule has 1 aliphatic rings. The second kappa shape index (κ2) is 8.16. The molecule has 8 heteroatoms. The molecule has 1 aliphatic heterocycles. The monoisotopic (exact) mass is 417 g/mol. The molecule has 0 unspecified atom stereocenters. The first-order chi connectivity index (χ1) is 13.4. The van der Waals surface area contributed by atoms with Gasteiger partial charge in [-0.25, -0.2) is 0 Å². The number of nitrogens with zero attached hydrogens (tertiary/aromatic N) is 2. The minimum absolute atomic E-state index is 0.0146. The summed E-state index contributed by atoms with van der Waals surface area (Å²) in [6.45, 7) is 7.41. The van der Waals surface area contributed by atoms with Crippen LogP contribution >= 0.6 is 23.8 Å². The Morgan fingerprint density at radius 1 is 1.21 bits per heavy atom. The zero-order valence-electron chi connectivity index (χ0n) is 15.8. The Morgan fingerprint density at radius 3 is 2.61 bits per heavy atom. The van der Waals surface area contributed by atoms with Crippen LogP contribution < -0.4 is 15.1 Å². The largest absolute Gasteiger partial charge is 0.441 e. The van der Waals surface area contributed by atoms with Crippen LogP contribution in [-0.4, -0.2) is 30.0 Å². The molecule has 1 N–H and O–H groups in total. The standard InChI is InChI=1S/C20H20ClN3O3S/c1-4-23(5-2)17-10-9-13(27-17)11-14-18(25)22-20(28)24(19(14)26)16-8-6-7-15(21)12(16)3/h6-11H,4-5H2,1-3H3,(H,22,25,28)/b14-11+. The van der Waals surface area contributed by atoms with Crippen LogP contribution in [0.1, 0.15) is 25.2 Å². The lowest BCUT2D eigenvalue weighted by atomic mass is 10.1. The van der Waals surface area contributed by atoms with Gasteiger partial charge in [-0.2, -0.15) is 0 Å². The Labute approximate surface area is 173 Å². The van der Waals surface area contributed by atoms with Gasteiger partial charge in [-0.1, -0.05) is 17.7 Å². The lowest BCUT2D eigenvalue weighted by Crippen LogP contribution is -2.54. The van der Waals surface area contributed by atoms with Crippen LogP contribution in [0.15, 0.2) is 40.3 Å². The van der Waals surface area contributed by atoms with Crippen LogP contribution in [0.3, 0.4) is 0 Å². The van der Waals surface area contributed by atoms with Crippen molar-refractivity contribution in [3.8, 4) is 0 Å². The van der Waals surface area contributed by atoms with Gasteiger partial charge in [0.2, 0.25) is 0 Å². The molecule has 1 aromatic heterocycles. The number of carbonyl (C=O) groups excluding carboxylic acids is 2. The van der Waals surface area contributed by atoms with Gasteiger partial charge in [-0.3, -0.25) is 19.8 Å². The van der Waals surface area contributed by atoms with E-state index in [-0.39, 0.29) is 10.7 Å². The van der Waals surface area contributed by atoms with Gasteiger partial charge in [-0.05, 0) is 62.8 Å². The third-order valence-electron chi connectivity index (χ3n) is 4.56. The van der Waals surface area contributed by atoms with Crippen molar-refractivity contribution in [1.82, 2.24) is 5.32 Å². The molecule has 1 fully saturated rings. The van der Waals surface area contributed by atoms with E-state index in [0.717, 1.165) is 13.1 Å². The molecule has 3 rings (SSSR count). The number of nitrogens with one attached hydrogen (secondary N) is 1. The van der Waals surface area contributed by atoms with E-state index >= 15 is 0 Å². The van der Waals surface area contributed by atoms with Gasteiger partial charge < -0.3 is 9.32 Å². The molecule has 1 aromatic carbocycles. The molecule has 0 bridgehead atoms. The van der Waals surface area contributed by atoms with Crippen molar-refractivity contribution >= 4 is 58.4 Å². The molecule has 2 heterocycles. The second-order valence-corrected chi connectivity index (χ2v) is 6.98. The van der Waals surface area contributed by atoms with Gasteiger partial charge in [0.1, 0.15) is 11.3 Å². The van der Waals surface area contributed by atoms with Crippen molar-refractivity contribution < 1.29 is 14.0 Å². The van der Waals surface area contributed by atoms with Gasteiger partial charge in [-0.15, -0.1) is 0 Å². The minimum atomic E-state index is -0.563. The quantitative estimate of drug-likeness (QED) is 0.453. The van der Waals surface area contributed by atoms with Crippen molar-refractivity contribution in [2.75, 3.05) is 22.9 Å². The number of carbonyl (C=O) groups is 2. The normalized spacial score (nSPS) is 15.9. The van der Waals surface area contributed by atoms with Crippen molar-refractivity contribution in [2.45, 2.75) is 20.8 Å². The predicted molar refractivity (Wildman–Crippen MR) is 115 cm³/mol. The zero-order chi connectivity index (χ0) is 20.4. The van der Waals surface area contributed by atoms with Gasteiger partial charge in [0, 0.05) is 24.2 Å². The summed E-state index contributed by atoms with van der Waals surface area (Å²) < 4.78 is 5.78. The number of halogens is 1. The third-order valence-corrected chi connectivity index (χ3v) is 5.25. The van der Waals surface area contributed by atoms with E-state index in [2.05, 4.69) is 5.32 Å². The van der Waals surface area contributed by atoms with Gasteiger partial charge in [0.05, 0.1) is 5.69 Å². The number of anilines is 2. The van der Waals surface area contributed by atoms with E-state index in [0.29, 0.717) is 27.9 Å². The maximum Gasteiger partial charge on any atom is 0.270 e. The number of hydrogen-bond acceptors (Lipinski definition) is 5. The summed E-state index contributed by atoms with van der Waals surface area (Å²) in [6, 6.07) is 8.72. The molecule has 2 aromatic rings. The van der Waals surface area contributed by atoms with Crippen LogP contribution in [0.5, 0.6) is 0 Å². The average molecular weight is 418 g/mol. The fraction of sp³-hybridized carbons (Fsp3) is 0.250. The first-order valence-electron chi connectivity index (χ1n) is 8.88. The number of benzene rings is 1. The molecule has 0 radical (unpaired) electrons. The van der Waals surface area contributed by atoms with E-state index in [1.165, 1.54) is 11.0 Å². The zero-order valence-corrected chi connectivity index (χ0v) is 17.4. The summed E-state index contributed by atoms with van der Waals surface area (Å²) in [5, 5.41) is 3.08. The summed E-state index contributed by atoms with van der Waals surface area (Å²) >= 11 is 11.4. The Bertz CT molecular complexity index is 979. The number of amides is 2. The Balaban J connectivity index is 1.98. The smallest absolute Gasteiger partial charge is 0.270 e. The Morgan fingerprint density at radius 2 is 1.93 bits per heavy atom. The summed E-state index contributed by atoms with van der Waals surface area (Å²) in [7, 11) is 0. The van der Waals surface area contributed by atoms with Crippen molar-refractivity contribution in [3.05, 3.63) is 52.3 Å². The summed E-state index contributed by atoms with van der Waals surface area (Å²) in [5.41, 5.74) is 1.15. The highest BCUT2D eigenvalue weighted by molar-refractivity contribution is 7.80. The van der Waals surface area contributed by atoms with Crippen LogP contribution in [0.4, 0.5) is 11.6 Å². The molecule has 6 nitrogen and oxygen atoms in total. The minimum Gasteiger partial charge on any atom is -0.441 e. The van der Waals surface area contributed by atoms with Gasteiger partial charge >= 0.3 is 0 Å². The van der Waals surface area contributed by atoms with Gasteiger partial charge in [0.25, 0.3) is 11.8 Å². The molecular weight excluding hydrogens is 398 g/mol. The molecule has 0 aliphatic carbocycles. The summed E-state index contributed by atoms with van der Waals surface area (Å²) in [4.78, 5) is 28.8. The van der Waals surface area contributed by atoms with Crippen LogP contribution in [-0.2, 0) is 9.59 Å². The number of furan rings is 1. The van der Waals surface area contributed by atoms with E-state index in [4.69, 9.17) is 28.2 Å². The topological polar surface area (TPSA) is 65.8 Å². The first kappa shape index (κ1) is 20.1. The molecule has 146 valence electrons. The van der Waals surface area contributed by atoms with E-state index in [1.54, 1.807) is 31.2 Å². The lowest BCUT2D eigenvalue weighted by molar-refractivity contribution is -0.122. The average Bonchev–Trinajstić information content (AvgIpc) is 3.11. The number of hydrogen-bond donors (Lipinski definition) is 1. The highest BCUT2D eigenvalue weighted by atomic mass is 35.5. The van der Waals surface area contributed by atoms with Gasteiger partial charge in [0.15, 0.2) is 11.0 Å². The van der Waals surface area contributed by atoms with E-state index in [9.17, 15) is 9.59 Å². The summed E-state index contributed by atoms with van der Waals surface area (Å²) in [5.74, 6) is 0.00110. The first-order valence-corrected chi connectivity index (χ1v) is 9.67. The Hall–Kier alpha value is -2.64. The number of thiocarbonyl (C=S) groups is 1. The molecule has 0 saturated carbocycles. The second-order valence-electron chi connectivity index (χ2n) is 6.19. The highest BCUT2D eigenvalue weighted by Gasteiger charge is 2.35. The third kappa shape index (κ3) is 3.68. The molecule has 28 heavy (non-hydrogen) atoms. The Kier molecular flexibility index (Phi) is 5.86. The summed E-state index contributed by atoms with van der Waals surface area (Å²) in [6.07, 6.45) is 1.43. The van der Waals surface area contributed by atoms with Crippen LogP contribution in [0.25, 0.3) is 6.08 Å². The molecule has 0 spiro atoms. The fourth-order valence-electron chi connectivity index (χ4n) is 2.98. The molecular formula is C20H20ClN3O3S. The van der Waals surface area contributed by atoms with Crippen molar-refractivity contribution in [1.29, 1.82) is 0 Å². The number of rotatable bonds is 5. The fourth-order valence-corrected chi connectivity index (χ4v) is 3.43. The van der Waals surface area contributed by atoms with Crippen LogP contribution in [0.2, 0.25) is 5.02 Å². The maximum absolute atomic E-state index is 13.1. The molecule has 0 atom stereocenters. The van der Waals surface area contributed by atoms with Crippen molar-refractivity contribution in [3.63, 3.8) is 0 Å². The van der Waals surface area contributed by atoms with Crippen LogP contribution in [0, 0.1) is 6.92 Å². The highest BCUT2D eigenvalue weighted by Crippen LogP contribution is 2.30. The van der Waals surface area contributed by atoms with Crippen molar-refractivity contribution in [2.24, 2.45) is 0 Å². The lowest BCUT2D eigenvalue weighted by Gasteiger charge is -2.30. The van der Waals surface area contributed by atoms with E-state index in [1.807, 2.05) is 24.8 Å². The molecule has 2 amide bonds. The molecule has 1 saturated heterocycles. The predicted octanol–water partition coefficient (Wildman–Crippen LogP) is 3.92. The maximum atomic E-state index is 13.1.